The average Bonchev–Trinajstić information content (AvgIpc) is 2.68. The van der Waals surface area contributed by atoms with Crippen LogP contribution >= 0.6 is 0 Å². The lowest BCUT2D eigenvalue weighted by molar-refractivity contribution is -0.158. The molecule has 29 heavy (non-hydrogen) atoms. The molecule has 2 aromatic carbocycles. The van der Waals surface area contributed by atoms with Crippen LogP contribution in [0.3, 0.4) is 0 Å². The van der Waals surface area contributed by atoms with Gasteiger partial charge in [0.1, 0.15) is 12.4 Å². The Hall–Kier alpha value is -2.78. The Morgan fingerprint density at radius 2 is 1.62 bits per heavy atom. The topological polar surface area (TPSA) is 84.0 Å². The van der Waals surface area contributed by atoms with Crippen molar-refractivity contribution in [2.45, 2.75) is 24.5 Å². The fourth-order valence-corrected chi connectivity index (χ4v) is 3.70. The summed E-state index contributed by atoms with van der Waals surface area (Å²) in [6.45, 7) is 1.19. The third kappa shape index (κ3) is 6.10. The van der Waals surface area contributed by atoms with E-state index in [9.17, 15) is 22.4 Å². The van der Waals surface area contributed by atoms with Crippen molar-refractivity contribution in [2.24, 2.45) is 0 Å². The zero-order valence-corrected chi connectivity index (χ0v) is 17.2. The molecule has 0 aliphatic carbocycles. The maximum absolute atomic E-state index is 13.0. The maximum atomic E-state index is 13.0. The number of carbonyl (C=O) groups is 2. The molecular weight excluding hydrogens is 399 g/mol. The van der Waals surface area contributed by atoms with Crippen LogP contribution in [0.2, 0.25) is 0 Å². The number of carbonyl (C=O) groups excluding carboxylic acids is 2. The molecule has 2 aromatic rings. The summed E-state index contributed by atoms with van der Waals surface area (Å²) >= 11 is 0. The first kappa shape index (κ1) is 22.5. The van der Waals surface area contributed by atoms with Gasteiger partial charge in [-0.1, -0.05) is 30.3 Å². The molecule has 0 N–H and O–H groups in total. The van der Waals surface area contributed by atoms with Gasteiger partial charge in [-0.15, -0.1) is 0 Å². The van der Waals surface area contributed by atoms with Gasteiger partial charge in [-0.2, -0.15) is 4.31 Å². The molecule has 0 bridgehead atoms. The smallest absolute Gasteiger partial charge is 0.322 e. The lowest BCUT2D eigenvalue weighted by atomic mass is 10.2. The van der Waals surface area contributed by atoms with Gasteiger partial charge < -0.3 is 9.64 Å². The molecule has 156 valence electrons. The second kappa shape index (κ2) is 9.62. The molecule has 0 unspecified atom stereocenters. The first-order chi connectivity index (χ1) is 13.6. The molecule has 0 saturated heterocycles. The highest BCUT2D eigenvalue weighted by molar-refractivity contribution is 7.89. The highest BCUT2D eigenvalue weighted by Gasteiger charge is 2.26. The Balaban J connectivity index is 1.93. The summed E-state index contributed by atoms with van der Waals surface area (Å²) in [7, 11) is -1.20. The molecule has 0 radical (unpaired) electrons. The Kier molecular flexibility index (Phi) is 7.46. The molecular formula is C20H23FN2O5S. The number of halogens is 1. The molecule has 0 aliphatic rings. The van der Waals surface area contributed by atoms with Crippen LogP contribution in [-0.4, -0.2) is 56.2 Å². The molecule has 0 aromatic heterocycles. The number of esters is 1. The van der Waals surface area contributed by atoms with Gasteiger partial charge in [0.15, 0.2) is 6.10 Å². The first-order valence-corrected chi connectivity index (χ1v) is 10.3. The van der Waals surface area contributed by atoms with Crippen LogP contribution in [0, 0.1) is 5.82 Å². The third-order valence-corrected chi connectivity index (χ3v) is 5.99. The number of nitrogens with zero attached hydrogens (tertiary/aromatic N) is 2. The van der Waals surface area contributed by atoms with E-state index in [4.69, 9.17) is 4.74 Å². The number of rotatable bonds is 8. The van der Waals surface area contributed by atoms with E-state index >= 15 is 0 Å². The predicted octanol–water partition coefficient (Wildman–Crippen LogP) is 2.04. The van der Waals surface area contributed by atoms with Crippen molar-refractivity contribution in [1.29, 1.82) is 0 Å². The molecule has 2 rings (SSSR count). The average molecular weight is 422 g/mol. The lowest BCUT2D eigenvalue weighted by Crippen LogP contribution is -2.40. The van der Waals surface area contributed by atoms with E-state index in [0.717, 1.165) is 34.1 Å². The summed E-state index contributed by atoms with van der Waals surface area (Å²) < 4.78 is 43.7. The van der Waals surface area contributed by atoms with E-state index in [0.29, 0.717) is 6.54 Å². The number of ether oxygens (including phenoxy) is 1. The predicted molar refractivity (Wildman–Crippen MR) is 105 cm³/mol. The van der Waals surface area contributed by atoms with Crippen LogP contribution in [0.4, 0.5) is 4.39 Å². The minimum atomic E-state index is -3.99. The van der Waals surface area contributed by atoms with Crippen molar-refractivity contribution in [1.82, 2.24) is 9.21 Å². The van der Waals surface area contributed by atoms with Crippen molar-refractivity contribution >= 4 is 21.9 Å². The largest absolute Gasteiger partial charge is 0.452 e. The Morgan fingerprint density at radius 3 is 2.21 bits per heavy atom. The third-order valence-electron chi connectivity index (χ3n) is 4.17. The fourth-order valence-electron chi connectivity index (χ4n) is 2.58. The highest BCUT2D eigenvalue weighted by Crippen LogP contribution is 2.15. The second-order valence-corrected chi connectivity index (χ2v) is 8.57. The fraction of sp³-hybridized carbons (Fsp3) is 0.300. The number of sulfonamides is 1. The molecule has 1 amide bonds. The highest BCUT2D eigenvalue weighted by atomic mass is 32.2. The number of amides is 1. The van der Waals surface area contributed by atoms with E-state index in [1.807, 2.05) is 30.3 Å². The van der Waals surface area contributed by atoms with Gasteiger partial charge in [-0.3, -0.25) is 9.59 Å². The van der Waals surface area contributed by atoms with Crippen molar-refractivity contribution in [3.05, 3.63) is 66.0 Å². The Morgan fingerprint density at radius 1 is 1.03 bits per heavy atom. The number of hydrogen-bond donors (Lipinski definition) is 0. The lowest BCUT2D eigenvalue weighted by Gasteiger charge is -2.22. The number of hydrogen-bond acceptors (Lipinski definition) is 5. The van der Waals surface area contributed by atoms with Gasteiger partial charge in [0.05, 0.1) is 4.90 Å². The van der Waals surface area contributed by atoms with E-state index in [1.165, 1.54) is 18.9 Å². The van der Waals surface area contributed by atoms with Gasteiger partial charge in [0.25, 0.3) is 5.91 Å². The molecule has 9 heteroatoms. The molecule has 0 aliphatic heterocycles. The van der Waals surface area contributed by atoms with Gasteiger partial charge in [0, 0.05) is 20.6 Å². The summed E-state index contributed by atoms with van der Waals surface area (Å²) in [6.07, 6.45) is -1.07. The van der Waals surface area contributed by atoms with Crippen LogP contribution in [0.25, 0.3) is 0 Å². The maximum Gasteiger partial charge on any atom is 0.322 e. The monoisotopic (exact) mass is 422 g/mol. The molecule has 0 fully saturated rings. The quantitative estimate of drug-likeness (QED) is 0.608. The summed E-state index contributed by atoms with van der Waals surface area (Å²) in [5, 5.41) is 0. The van der Waals surface area contributed by atoms with Gasteiger partial charge in [0.2, 0.25) is 10.0 Å². The Bertz CT molecular complexity index is 949. The van der Waals surface area contributed by atoms with Crippen molar-refractivity contribution in [3.8, 4) is 0 Å². The van der Waals surface area contributed by atoms with Crippen molar-refractivity contribution in [3.63, 3.8) is 0 Å². The second-order valence-electron chi connectivity index (χ2n) is 6.53. The molecule has 0 heterocycles. The van der Waals surface area contributed by atoms with E-state index < -0.39 is 40.4 Å². The number of benzene rings is 2. The van der Waals surface area contributed by atoms with Crippen LogP contribution in [0.15, 0.2) is 59.5 Å². The van der Waals surface area contributed by atoms with Crippen molar-refractivity contribution in [2.75, 3.05) is 20.6 Å². The van der Waals surface area contributed by atoms with E-state index in [1.54, 1.807) is 7.05 Å². The Labute approximate surface area is 169 Å². The molecule has 1 atom stereocenters. The van der Waals surface area contributed by atoms with E-state index in [2.05, 4.69) is 0 Å². The van der Waals surface area contributed by atoms with Crippen LogP contribution in [-0.2, 0) is 30.9 Å². The minimum Gasteiger partial charge on any atom is -0.452 e. The zero-order valence-electron chi connectivity index (χ0n) is 16.4. The van der Waals surface area contributed by atoms with Crippen molar-refractivity contribution < 1.29 is 27.1 Å². The van der Waals surface area contributed by atoms with Gasteiger partial charge in [-0.05, 0) is 36.8 Å². The first-order valence-electron chi connectivity index (χ1n) is 8.81. The molecule has 7 nitrogen and oxygen atoms in total. The molecule has 0 saturated carbocycles. The standard InChI is InChI=1S/C20H23FN2O5S/c1-15(20(25)22(2)13-16-7-5-4-6-8-16)28-19(24)14-23(3)29(26,27)18-11-9-17(21)10-12-18/h4-12,15H,13-14H2,1-3H3/t15-/m0/s1. The zero-order chi connectivity index (χ0) is 21.6. The minimum absolute atomic E-state index is 0.152. The number of likely N-dealkylation sites (N-methyl/N-ethyl adjacent to an activating group) is 2. The summed E-state index contributed by atoms with van der Waals surface area (Å²) in [4.78, 5) is 25.8. The van der Waals surface area contributed by atoms with Crippen LogP contribution in [0.5, 0.6) is 0 Å². The van der Waals surface area contributed by atoms with Crippen LogP contribution < -0.4 is 0 Å². The summed E-state index contributed by atoms with van der Waals surface area (Å²) in [5.74, 6) is -1.85. The summed E-state index contributed by atoms with van der Waals surface area (Å²) in [5.41, 5.74) is 0.923. The SMILES string of the molecule is C[C@H](OC(=O)CN(C)S(=O)(=O)c1ccc(F)cc1)C(=O)N(C)Cc1ccccc1. The van der Waals surface area contributed by atoms with Crippen LogP contribution in [0.1, 0.15) is 12.5 Å². The normalized spacial score (nSPS) is 12.4. The summed E-state index contributed by atoms with van der Waals surface area (Å²) in [6, 6.07) is 13.6. The van der Waals surface area contributed by atoms with E-state index in [-0.39, 0.29) is 4.90 Å². The van der Waals surface area contributed by atoms with Gasteiger partial charge in [-0.25, -0.2) is 12.8 Å². The molecule has 0 spiro atoms. The van der Waals surface area contributed by atoms with Gasteiger partial charge >= 0.3 is 5.97 Å².